The van der Waals surface area contributed by atoms with Crippen LogP contribution in [0.2, 0.25) is 0 Å². The van der Waals surface area contributed by atoms with Crippen LogP contribution in [0.25, 0.3) is 0 Å². The molecular weight excluding hydrogens is 216 g/mol. The van der Waals surface area contributed by atoms with Gasteiger partial charge in [-0.3, -0.25) is 0 Å². The summed E-state index contributed by atoms with van der Waals surface area (Å²) in [4.78, 5) is 0.713. The average Bonchev–Trinajstić information content (AvgIpc) is 2.36. The van der Waals surface area contributed by atoms with Crippen LogP contribution in [0, 0.1) is 0 Å². The van der Waals surface area contributed by atoms with Gasteiger partial charge in [-0.25, -0.2) is 0 Å². The van der Waals surface area contributed by atoms with Gasteiger partial charge in [0, 0.05) is 10.6 Å². The Morgan fingerprint density at radius 1 is 1.12 bits per heavy atom. The Bertz CT molecular complexity index is 567. The molecule has 0 aromatic heterocycles. The molecule has 0 saturated heterocycles. The molecule has 0 unspecified atom stereocenters. The third-order valence-corrected chi connectivity index (χ3v) is 3.32. The molecular formula is C14H14OS. The van der Waals surface area contributed by atoms with Gasteiger partial charge in [0.2, 0.25) is 0 Å². The van der Waals surface area contributed by atoms with E-state index < -0.39 is 6.56 Å². The zero-order valence-corrected chi connectivity index (χ0v) is 9.50. The van der Waals surface area contributed by atoms with Gasteiger partial charge in [-0.2, -0.15) is 0 Å². The van der Waals surface area contributed by atoms with Crippen molar-refractivity contribution in [2.45, 2.75) is 17.2 Å². The van der Waals surface area contributed by atoms with E-state index in [9.17, 15) is 5.11 Å². The van der Waals surface area contributed by atoms with E-state index in [-0.39, 0.29) is 5.56 Å². The summed E-state index contributed by atoms with van der Waals surface area (Å²) >= 11 is 1.45. The largest absolute Gasteiger partial charge is 0.392 e. The van der Waals surface area contributed by atoms with Gasteiger partial charge in [0.1, 0.15) is 0 Å². The Labute approximate surface area is 104 Å². The minimum absolute atomic E-state index is 0.280. The van der Waals surface area contributed by atoms with E-state index in [1.165, 1.54) is 11.8 Å². The Balaban J connectivity index is 2.16. The molecule has 0 bridgehead atoms. The second kappa shape index (κ2) is 5.73. The van der Waals surface area contributed by atoms with E-state index in [1.807, 2.05) is 18.2 Å². The first-order valence-corrected chi connectivity index (χ1v) is 5.95. The smallest absolute Gasteiger partial charge is 0.0692 e. The lowest BCUT2D eigenvalue weighted by atomic mass is 10.2. The number of hydrogen-bond acceptors (Lipinski definition) is 2. The van der Waals surface area contributed by atoms with Crippen molar-refractivity contribution in [1.29, 1.82) is 0 Å². The number of aliphatic hydroxyl groups is 1. The number of thioether (sulfide) groups is 1. The van der Waals surface area contributed by atoms with Gasteiger partial charge in [-0.05, 0) is 17.2 Å². The summed E-state index contributed by atoms with van der Waals surface area (Å²) in [6, 6.07) is 14.6. The lowest BCUT2D eigenvalue weighted by Gasteiger charge is -2.06. The van der Waals surface area contributed by atoms with Crippen LogP contribution in [0.4, 0.5) is 0 Å². The van der Waals surface area contributed by atoms with Gasteiger partial charge in [0.05, 0.1) is 10.7 Å². The predicted molar refractivity (Wildman–Crippen MR) is 68.4 cm³/mol. The van der Waals surface area contributed by atoms with E-state index in [0.717, 1.165) is 5.56 Å². The molecule has 2 aromatic carbocycles. The molecule has 0 amide bonds. The molecule has 0 aliphatic rings. The van der Waals surface area contributed by atoms with Gasteiger partial charge >= 0.3 is 0 Å². The average molecular weight is 233 g/mol. The molecule has 1 nitrogen and oxygen atoms in total. The first kappa shape index (κ1) is 7.93. The van der Waals surface area contributed by atoms with Gasteiger partial charge in [0.15, 0.2) is 0 Å². The van der Waals surface area contributed by atoms with Crippen LogP contribution in [0.5, 0.6) is 0 Å². The van der Waals surface area contributed by atoms with Crippen LogP contribution in [0.15, 0.2) is 59.5 Å². The molecule has 1 N–H and O–H groups in total. The fraction of sp³-hybridized carbons (Fsp3) is 0.143. The maximum Gasteiger partial charge on any atom is 0.0692 e. The highest BCUT2D eigenvalue weighted by atomic mass is 32.2. The van der Waals surface area contributed by atoms with Crippen LogP contribution in [-0.4, -0.2) is 5.11 Å². The zero-order chi connectivity index (χ0) is 13.9. The van der Waals surface area contributed by atoms with Gasteiger partial charge in [-0.15, -0.1) is 11.8 Å². The molecule has 0 saturated carbocycles. The SMILES string of the molecule is [2H]c1cccc(CSc2ccccc2C([2H])([2H])O)c1. The highest BCUT2D eigenvalue weighted by Gasteiger charge is 2.01. The van der Waals surface area contributed by atoms with Gasteiger partial charge < -0.3 is 5.11 Å². The second-order valence-corrected chi connectivity index (χ2v) is 4.33. The third-order valence-electron chi connectivity index (χ3n) is 2.17. The van der Waals surface area contributed by atoms with Crippen LogP contribution in [-0.2, 0) is 12.3 Å². The fourth-order valence-corrected chi connectivity index (χ4v) is 2.31. The van der Waals surface area contributed by atoms with E-state index in [2.05, 4.69) is 0 Å². The van der Waals surface area contributed by atoms with Crippen molar-refractivity contribution >= 4 is 11.8 Å². The maximum atomic E-state index is 9.50. The Kier molecular flexibility index (Phi) is 2.84. The Hall–Kier alpha value is -1.25. The van der Waals surface area contributed by atoms with Crippen LogP contribution >= 0.6 is 11.8 Å². The van der Waals surface area contributed by atoms with Crippen LogP contribution in [0.3, 0.4) is 0 Å². The summed E-state index contributed by atoms with van der Waals surface area (Å²) in [5.41, 5.74) is 1.29. The van der Waals surface area contributed by atoms with Crippen molar-refractivity contribution in [1.82, 2.24) is 0 Å². The zero-order valence-electron chi connectivity index (χ0n) is 11.7. The molecule has 0 spiro atoms. The number of rotatable bonds is 4. The van der Waals surface area contributed by atoms with E-state index in [1.54, 1.807) is 30.3 Å². The Morgan fingerprint density at radius 2 is 1.94 bits per heavy atom. The molecule has 0 aliphatic carbocycles. The van der Waals surface area contributed by atoms with Crippen molar-refractivity contribution < 1.29 is 9.22 Å². The molecule has 2 rings (SSSR count). The summed E-state index contributed by atoms with van der Waals surface area (Å²) < 4.78 is 22.4. The molecule has 0 atom stereocenters. The topological polar surface area (TPSA) is 20.2 Å². The van der Waals surface area contributed by atoms with Crippen molar-refractivity contribution in [2.75, 3.05) is 0 Å². The molecule has 0 fully saturated rings. The molecule has 0 radical (unpaired) electrons. The van der Waals surface area contributed by atoms with Gasteiger partial charge in [0.25, 0.3) is 0 Å². The summed E-state index contributed by atoms with van der Waals surface area (Å²) in [5, 5.41) is 9.50. The first-order chi connectivity index (χ1) is 8.97. The van der Waals surface area contributed by atoms with Gasteiger partial charge in [-0.1, -0.05) is 48.5 Å². The standard InChI is InChI=1S/C14H14OS/c15-10-13-8-4-5-9-14(13)16-11-12-6-2-1-3-7-12/h1-9,15H,10-11H2/i2D,10D2. The molecule has 2 aromatic rings. The summed E-state index contributed by atoms with van der Waals surface area (Å²) in [7, 11) is 0. The molecule has 0 heterocycles. The molecule has 0 aliphatic heterocycles. The number of benzene rings is 2. The predicted octanol–water partition coefficient (Wildman–Crippen LogP) is 3.47. The monoisotopic (exact) mass is 233 g/mol. The lowest BCUT2D eigenvalue weighted by Crippen LogP contribution is -1.87. The molecule has 82 valence electrons. The molecule has 16 heavy (non-hydrogen) atoms. The third kappa shape index (κ3) is 2.87. The summed E-state index contributed by atoms with van der Waals surface area (Å²) in [5.74, 6) is 0.639. The van der Waals surface area contributed by atoms with Crippen molar-refractivity contribution in [3.63, 3.8) is 0 Å². The lowest BCUT2D eigenvalue weighted by molar-refractivity contribution is 0.279. The highest BCUT2D eigenvalue weighted by Crippen LogP contribution is 2.26. The molecule has 2 heteroatoms. The maximum absolute atomic E-state index is 9.50. The van der Waals surface area contributed by atoms with Crippen molar-refractivity contribution in [3.8, 4) is 0 Å². The first-order valence-electron chi connectivity index (χ1n) is 6.47. The summed E-state index contributed by atoms with van der Waals surface area (Å²) in [6.45, 7) is -2.33. The Morgan fingerprint density at radius 3 is 2.75 bits per heavy atom. The van der Waals surface area contributed by atoms with Crippen molar-refractivity contribution in [2.24, 2.45) is 0 Å². The highest BCUT2D eigenvalue weighted by molar-refractivity contribution is 7.98. The van der Waals surface area contributed by atoms with Crippen molar-refractivity contribution in [3.05, 3.63) is 65.7 Å². The quantitative estimate of drug-likeness (QED) is 0.816. The minimum atomic E-state index is -2.33. The van der Waals surface area contributed by atoms with Crippen LogP contribution < -0.4 is 0 Å². The van der Waals surface area contributed by atoms with E-state index >= 15 is 0 Å². The second-order valence-electron chi connectivity index (χ2n) is 3.31. The summed E-state index contributed by atoms with van der Waals surface area (Å²) in [6.07, 6.45) is 0. The minimum Gasteiger partial charge on any atom is -0.392 e. The normalized spacial score (nSPS) is 13.9. The van der Waals surface area contributed by atoms with Crippen LogP contribution in [0.1, 0.15) is 15.2 Å². The fourth-order valence-electron chi connectivity index (χ4n) is 1.37. The van der Waals surface area contributed by atoms with E-state index in [4.69, 9.17) is 4.11 Å². The van der Waals surface area contributed by atoms with E-state index in [0.29, 0.717) is 16.7 Å². The number of hydrogen-bond donors (Lipinski definition) is 1.